The van der Waals surface area contributed by atoms with Crippen LogP contribution >= 0.6 is 22.9 Å². The number of hydrogen-bond donors (Lipinski definition) is 1. The number of rotatable bonds is 4. The first-order chi connectivity index (χ1) is 8.67. The van der Waals surface area contributed by atoms with Crippen LogP contribution in [0.5, 0.6) is 0 Å². The molecule has 1 N–H and O–H groups in total. The quantitative estimate of drug-likeness (QED) is 0.833. The molecule has 0 spiro atoms. The highest BCUT2D eigenvalue weighted by atomic mass is 35.5. The van der Waals surface area contributed by atoms with Crippen LogP contribution in [0, 0.1) is 12.3 Å². The average Bonchev–Trinajstić information content (AvgIpc) is 2.83. The molecule has 1 aliphatic rings. The van der Waals surface area contributed by atoms with E-state index in [1.54, 1.807) is 11.3 Å². The van der Waals surface area contributed by atoms with Gasteiger partial charge < -0.3 is 5.32 Å². The van der Waals surface area contributed by atoms with Gasteiger partial charge in [0.1, 0.15) is 0 Å². The average molecular weight is 286 g/mol. The Kier molecular flexibility index (Phi) is 4.68. The highest BCUT2D eigenvalue weighted by molar-refractivity contribution is 7.08. The number of aryl methyl sites for hydroxylation is 1. The maximum atomic E-state index is 12.1. The summed E-state index contributed by atoms with van der Waals surface area (Å²) in [7, 11) is 0. The number of halogens is 1. The molecule has 0 radical (unpaired) electrons. The fourth-order valence-corrected chi connectivity index (χ4v) is 3.81. The lowest BCUT2D eigenvalue weighted by Gasteiger charge is -2.35. The van der Waals surface area contributed by atoms with Gasteiger partial charge in [-0.05, 0) is 30.7 Å². The molecule has 0 aliphatic heterocycles. The lowest BCUT2D eigenvalue weighted by Crippen LogP contribution is -2.40. The minimum Gasteiger partial charge on any atom is -0.351 e. The van der Waals surface area contributed by atoms with Crippen molar-refractivity contribution in [2.24, 2.45) is 5.41 Å². The summed E-state index contributed by atoms with van der Waals surface area (Å²) in [4.78, 5) is 12.1. The maximum Gasteiger partial charge on any atom is 0.252 e. The Morgan fingerprint density at radius 3 is 2.67 bits per heavy atom. The summed E-state index contributed by atoms with van der Waals surface area (Å²) in [5, 5.41) is 6.99. The van der Waals surface area contributed by atoms with Crippen molar-refractivity contribution in [2.45, 2.75) is 39.0 Å². The smallest absolute Gasteiger partial charge is 0.252 e. The van der Waals surface area contributed by atoms with E-state index in [1.807, 2.05) is 17.7 Å². The van der Waals surface area contributed by atoms with Crippen LogP contribution in [-0.4, -0.2) is 18.3 Å². The Balaban J connectivity index is 1.94. The first kappa shape index (κ1) is 13.9. The van der Waals surface area contributed by atoms with E-state index in [9.17, 15) is 4.79 Å². The van der Waals surface area contributed by atoms with Gasteiger partial charge in [0.15, 0.2) is 0 Å². The van der Waals surface area contributed by atoms with Gasteiger partial charge in [-0.1, -0.05) is 19.3 Å². The predicted octanol–water partition coefficient (Wildman–Crippen LogP) is 3.98. The van der Waals surface area contributed by atoms with Crippen molar-refractivity contribution in [3.8, 4) is 0 Å². The Hall–Kier alpha value is -0.540. The summed E-state index contributed by atoms with van der Waals surface area (Å²) in [5.74, 6) is 0.694. The lowest BCUT2D eigenvalue weighted by atomic mass is 9.75. The van der Waals surface area contributed by atoms with Gasteiger partial charge in [0.2, 0.25) is 0 Å². The van der Waals surface area contributed by atoms with E-state index < -0.39 is 0 Å². The molecule has 0 saturated heterocycles. The fourth-order valence-electron chi connectivity index (χ4n) is 2.62. The molecular weight excluding hydrogens is 266 g/mol. The minimum atomic E-state index is 0.0452. The van der Waals surface area contributed by atoms with E-state index in [4.69, 9.17) is 11.6 Å². The summed E-state index contributed by atoms with van der Waals surface area (Å²) < 4.78 is 0. The standard InChI is InChI=1S/C14H20ClNOS/c1-11-7-18-8-12(11)13(17)16-10-14(9-15)5-3-2-4-6-14/h7-8H,2-6,9-10H2,1H3,(H,16,17). The van der Waals surface area contributed by atoms with Crippen molar-refractivity contribution in [3.63, 3.8) is 0 Å². The first-order valence-electron chi connectivity index (χ1n) is 6.54. The van der Waals surface area contributed by atoms with E-state index in [1.165, 1.54) is 19.3 Å². The van der Waals surface area contributed by atoms with E-state index in [2.05, 4.69) is 5.32 Å². The molecule has 0 aromatic carbocycles. The van der Waals surface area contributed by atoms with Gasteiger partial charge in [-0.15, -0.1) is 11.6 Å². The van der Waals surface area contributed by atoms with Crippen molar-refractivity contribution in [2.75, 3.05) is 12.4 Å². The number of amides is 1. The van der Waals surface area contributed by atoms with Gasteiger partial charge in [-0.2, -0.15) is 11.3 Å². The van der Waals surface area contributed by atoms with Gasteiger partial charge in [-0.3, -0.25) is 4.79 Å². The molecule has 100 valence electrons. The molecule has 1 aromatic heterocycles. The lowest BCUT2D eigenvalue weighted by molar-refractivity contribution is 0.0921. The van der Waals surface area contributed by atoms with Crippen molar-refractivity contribution in [3.05, 3.63) is 21.9 Å². The number of nitrogens with one attached hydrogen (secondary N) is 1. The molecule has 0 bridgehead atoms. The molecule has 1 heterocycles. The van der Waals surface area contributed by atoms with Crippen LogP contribution in [0.4, 0.5) is 0 Å². The molecule has 18 heavy (non-hydrogen) atoms. The zero-order valence-corrected chi connectivity index (χ0v) is 12.4. The highest BCUT2D eigenvalue weighted by Crippen LogP contribution is 2.36. The SMILES string of the molecule is Cc1cscc1C(=O)NCC1(CCl)CCCCC1. The normalized spacial score (nSPS) is 18.6. The molecule has 1 aromatic rings. The molecule has 0 unspecified atom stereocenters. The minimum absolute atomic E-state index is 0.0452. The van der Waals surface area contributed by atoms with Crippen LogP contribution in [0.3, 0.4) is 0 Å². The Bertz CT molecular complexity index is 410. The third-order valence-corrected chi connectivity index (χ3v) is 5.35. The van der Waals surface area contributed by atoms with Crippen LogP contribution in [0.15, 0.2) is 10.8 Å². The number of carbonyl (C=O) groups is 1. The third-order valence-electron chi connectivity index (χ3n) is 3.92. The zero-order chi connectivity index (χ0) is 13.0. The third kappa shape index (κ3) is 3.07. The second-order valence-electron chi connectivity index (χ2n) is 5.35. The number of thiophene rings is 1. The Morgan fingerprint density at radius 2 is 2.11 bits per heavy atom. The fraction of sp³-hybridized carbons (Fsp3) is 0.643. The van der Waals surface area contributed by atoms with Gasteiger partial charge >= 0.3 is 0 Å². The van der Waals surface area contributed by atoms with E-state index in [0.29, 0.717) is 12.4 Å². The number of carbonyl (C=O) groups excluding carboxylic acids is 1. The van der Waals surface area contributed by atoms with Gasteiger partial charge in [0.25, 0.3) is 5.91 Å². The van der Waals surface area contributed by atoms with Crippen LogP contribution in [0.25, 0.3) is 0 Å². The van der Waals surface area contributed by atoms with Crippen molar-refractivity contribution >= 4 is 28.8 Å². The van der Waals surface area contributed by atoms with Gasteiger partial charge in [0.05, 0.1) is 5.56 Å². The summed E-state index contributed by atoms with van der Waals surface area (Å²) in [5.41, 5.74) is 1.99. The van der Waals surface area contributed by atoms with Gasteiger partial charge in [0, 0.05) is 23.2 Å². The molecule has 2 rings (SSSR count). The molecule has 1 fully saturated rings. The molecule has 0 atom stereocenters. The Morgan fingerprint density at radius 1 is 1.39 bits per heavy atom. The maximum absolute atomic E-state index is 12.1. The highest BCUT2D eigenvalue weighted by Gasteiger charge is 2.31. The number of hydrogen-bond acceptors (Lipinski definition) is 2. The number of alkyl halides is 1. The van der Waals surface area contributed by atoms with Crippen LogP contribution < -0.4 is 5.32 Å². The van der Waals surface area contributed by atoms with E-state index in [0.717, 1.165) is 24.0 Å². The van der Waals surface area contributed by atoms with Crippen molar-refractivity contribution in [1.82, 2.24) is 5.32 Å². The largest absolute Gasteiger partial charge is 0.351 e. The topological polar surface area (TPSA) is 29.1 Å². The molecular formula is C14H20ClNOS. The first-order valence-corrected chi connectivity index (χ1v) is 8.02. The summed E-state index contributed by atoms with van der Waals surface area (Å²) in [6, 6.07) is 0. The monoisotopic (exact) mass is 285 g/mol. The summed E-state index contributed by atoms with van der Waals surface area (Å²) in [6.07, 6.45) is 6.05. The van der Waals surface area contributed by atoms with Crippen molar-refractivity contribution < 1.29 is 4.79 Å². The second-order valence-corrected chi connectivity index (χ2v) is 6.36. The molecule has 2 nitrogen and oxygen atoms in total. The molecule has 1 aliphatic carbocycles. The van der Waals surface area contributed by atoms with Crippen LogP contribution in [0.2, 0.25) is 0 Å². The van der Waals surface area contributed by atoms with E-state index >= 15 is 0 Å². The van der Waals surface area contributed by atoms with Crippen LogP contribution in [0.1, 0.15) is 48.0 Å². The summed E-state index contributed by atoms with van der Waals surface area (Å²) >= 11 is 7.70. The summed E-state index contributed by atoms with van der Waals surface area (Å²) in [6.45, 7) is 2.69. The molecule has 4 heteroatoms. The zero-order valence-electron chi connectivity index (χ0n) is 10.8. The second kappa shape index (κ2) is 6.07. The molecule has 1 saturated carbocycles. The Labute approximate surface area is 118 Å². The van der Waals surface area contributed by atoms with E-state index in [-0.39, 0.29) is 11.3 Å². The van der Waals surface area contributed by atoms with Crippen molar-refractivity contribution in [1.29, 1.82) is 0 Å². The molecule has 1 amide bonds. The van der Waals surface area contributed by atoms with Crippen LogP contribution in [-0.2, 0) is 0 Å². The van der Waals surface area contributed by atoms with Gasteiger partial charge in [-0.25, -0.2) is 0 Å². The predicted molar refractivity (Wildman–Crippen MR) is 77.6 cm³/mol.